The number of H-pyrrole nitrogens is 1. The quantitative estimate of drug-likeness (QED) is 0.434. The molecule has 0 atom stereocenters. The number of fused-ring (bicyclic) bond motifs is 1. The predicted octanol–water partition coefficient (Wildman–Crippen LogP) is 3.13. The number of halogens is 2. The number of benzene rings is 2. The summed E-state index contributed by atoms with van der Waals surface area (Å²) < 4.78 is 60.2. The van der Waals surface area contributed by atoms with E-state index in [0.717, 1.165) is 49.4 Å². The third kappa shape index (κ3) is 5.64. The first-order valence-corrected chi connectivity index (χ1v) is 13.7. The molecule has 0 aliphatic carbocycles. The summed E-state index contributed by atoms with van der Waals surface area (Å²) in [4.78, 5) is 12.9. The zero-order chi connectivity index (χ0) is 26.0. The van der Waals surface area contributed by atoms with Crippen molar-refractivity contribution < 1.29 is 26.7 Å². The van der Waals surface area contributed by atoms with Gasteiger partial charge in [-0.2, -0.15) is 9.40 Å². The molecule has 0 spiro atoms. The van der Waals surface area contributed by atoms with Crippen LogP contribution in [0.2, 0.25) is 0 Å². The number of hydrogen-bond acceptors (Lipinski definition) is 6. The summed E-state index contributed by atoms with van der Waals surface area (Å²) in [5, 5.41) is 10.7. The minimum atomic E-state index is -4.14. The maximum absolute atomic E-state index is 13.7. The smallest absolute Gasteiger partial charge is 0.243 e. The van der Waals surface area contributed by atoms with Crippen LogP contribution in [0.5, 0.6) is 0 Å². The van der Waals surface area contributed by atoms with E-state index in [1.165, 1.54) is 4.31 Å². The van der Waals surface area contributed by atoms with Crippen molar-refractivity contribution in [2.75, 3.05) is 19.8 Å². The Labute approximate surface area is 214 Å². The Balaban J connectivity index is 1.32. The van der Waals surface area contributed by atoms with E-state index < -0.39 is 26.6 Å². The van der Waals surface area contributed by atoms with Gasteiger partial charge in [-0.1, -0.05) is 24.3 Å². The normalized spacial score (nSPS) is 17.0. The highest BCUT2D eigenvalue weighted by atomic mass is 32.2. The molecule has 2 N–H and O–H groups in total. The molecule has 0 saturated carbocycles. The monoisotopic (exact) mass is 530 g/mol. The van der Waals surface area contributed by atoms with Gasteiger partial charge in [-0.15, -0.1) is 0 Å². The van der Waals surface area contributed by atoms with Crippen LogP contribution in [0.1, 0.15) is 45.7 Å². The van der Waals surface area contributed by atoms with E-state index in [-0.39, 0.29) is 25.3 Å². The lowest BCUT2D eigenvalue weighted by Gasteiger charge is -2.26. The van der Waals surface area contributed by atoms with Crippen molar-refractivity contribution in [1.82, 2.24) is 19.8 Å². The van der Waals surface area contributed by atoms with E-state index in [1.807, 2.05) is 18.2 Å². The summed E-state index contributed by atoms with van der Waals surface area (Å²) in [7, 11) is -4.14. The molecule has 0 bridgehead atoms. The van der Waals surface area contributed by atoms with Crippen molar-refractivity contribution in [3.8, 4) is 0 Å². The van der Waals surface area contributed by atoms with Gasteiger partial charge in [0.15, 0.2) is 5.78 Å². The van der Waals surface area contributed by atoms with Crippen molar-refractivity contribution in [3.63, 3.8) is 0 Å². The number of hydrogen-bond donors (Lipinski definition) is 2. The third-order valence-corrected chi connectivity index (χ3v) is 8.73. The molecule has 37 heavy (non-hydrogen) atoms. The second-order valence-corrected chi connectivity index (χ2v) is 11.3. The summed E-state index contributed by atoms with van der Waals surface area (Å²) >= 11 is 0. The fraction of sp³-hybridized carbons (Fsp3) is 0.385. The first-order valence-electron chi connectivity index (χ1n) is 12.2. The zero-order valence-corrected chi connectivity index (χ0v) is 21.0. The second kappa shape index (κ2) is 10.8. The number of carbonyl (C=O) groups excluding carboxylic acids is 1. The molecule has 0 amide bonds. The second-order valence-electron chi connectivity index (χ2n) is 9.35. The molecule has 2 aliphatic rings. The topological polar surface area (TPSA) is 104 Å². The molecule has 1 aromatic heterocycles. The van der Waals surface area contributed by atoms with Crippen LogP contribution in [-0.4, -0.2) is 54.5 Å². The van der Waals surface area contributed by atoms with Gasteiger partial charge in [-0.25, -0.2) is 17.2 Å². The van der Waals surface area contributed by atoms with E-state index >= 15 is 0 Å². The van der Waals surface area contributed by atoms with Gasteiger partial charge < -0.3 is 10.1 Å². The predicted molar refractivity (Wildman–Crippen MR) is 131 cm³/mol. The number of sulfonamides is 1. The van der Waals surface area contributed by atoms with Gasteiger partial charge in [0.1, 0.15) is 11.6 Å². The Bertz CT molecular complexity index is 1380. The summed E-state index contributed by atoms with van der Waals surface area (Å²) in [6.07, 6.45) is 2.20. The number of nitrogens with zero attached hydrogens (tertiary/aromatic N) is 2. The molecule has 2 aliphatic heterocycles. The molecule has 0 radical (unpaired) electrons. The number of nitrogens with one attached hydrogen (secondary N) is 2. The maximum atomic E-state index is 13.7. The van der Waals surface area contributed by atoms with Gasteiger partial charge in [0.25, 0.3) is 0 Å². The molecular formula is C26H28F2N4O4S. The minimum absolute atomic E-state index is 0.00258. The number of carbonyl (C=O) groups is 1. The van der Waals surface area contributed by atoms with Crippen LogP contribution in [0.4, 0.5) is 8.78 Å². The molecule has 0 unspecified atom stereocenters. The van der Waals surface area contributed by atoms with E-state index in [2.05, 4.69) is 15.5 Å². The van der Waals surface area contributed by atoms with E-state index in [1.54, 1.807) is 6.07 Å². The van der Waals surface area contributed by atoms with Crippen LogP contribution in [-0.2, 0) is 40.7 Å². The van der Waals surface area contributed by atoms with Crippen LogP contribution in [0, 0.1) is 11.6 Å². The first-order chi connectivity index (χ1) is 17.8. The minimum Gasteiger partial charge on any atom is -0.381 e. The standard InChI is InChI=1S/C26H28F2N4O4S/c27-18-11-19(28)13-21(12-18)37(34,35)32-8-5-24-23(16-32)25(31-30-24)14-26(33)22-4-2-1-3-17(22)15-29-20-6-9-36-10-7-20/h1-4,11-13,20,29H,5-10,14-16H2,(H,30,31). The van der Waals surface area contributed by atoms with Gasteiger partial charge in [0.2, 0.25) is 10.0 Å². The Morgan fingerprint density at radius 2 is 1.86 bits per heavy atom. The van der Waals surface area contributed by atoms with Crippen molar-refractivity contribution in [3.05, 3.63) is 82.2 Å². The number of ether oxygens (including phenoxy) is 1. The molecule has 2 aromatic carbocycles. The van der Waals surface area contributed by atoms with E-state index in [9.17, 15) is 22.0 Å². The average Bonchev–Trinajstić information content (AvgIpc) is 3.29. The lowest BCUT2D eigenvalue weighted by atomic mass is 9.97. The Hall–Kier alpha value is -2.99. The molecule has 1 fully saturated rings. The SMILES string of the molecule is O=C(Cc1n[nH]c2c1CN(S(=O)(=O)c1cc(F)cc(F)c1)CC2)c1ccccc1CNC1CCOCC1. The number of ketones is 1. The van der Waals surface area contributed by atoms with Crippen LogP contribution < -0.4 is 5.32 Å². The Morgan fingerprint density at radius 1 is 1.14 bits per heavy atom. The third-order valence-electron chi connectivity index (χ3n) is 6.91. The van der Waals surface area contributed by atoms with Gasteiger partial charge in [-0.3, -0.25) is 9.89 Å². The molecule has 11 heteroatoms. The molecule has 1 saturated heterocycles. The summed E-state index contributed by atoms with van der Waals surface area (Å²) in [6.45, 7) is 2.10. The lowest BCUT2D eigenvalue weighted by molar-refractivity contribution is 0.0775. The van der Waals surface area contributed by atoms with Gasteiger partial charge in [-0.05, 0) is 30.5 Å². The lowest BCUT2D eigenvalue weighted by Crippen LogP contribution is -2.36. The van der Waals surface area contributed by atoms with Crippen molar-refractivity contribution in [2.45, 2.75) is 49.7 Å². The fourth-order valence-corrected chi connectivity index (χ4v) is 6.31. The largest absolute Gasteiger partial charge is 0.381 e. The Morgan fingerprint density at radius 3 is 2.62 bits per heavy atom. The molecular weight excluding hydrogens is 502 g/mol. The highest BCUT2D eigenvalue weighted by Crippen LogP contribution is 2.27. The highest BCUT2D eigenvalue weighted by molar-refractivity contribution is 7.89. The van der Waals surface area contributed by atoms with Gasteiger partial charge in [0.05, 0.1) is 17.0 Å². The van der Waals surface area contributed by atoms with Crippen molar-refractivity contribution in [2.24, 2.45) is 0 Å². The zero-order valence-electron chi connectivity index (χ0n) is 20.2. The molecule has 5 rings (SSSR count). The highest BCUT2D eigenvalue weighted by Gasteiger charge is 2.32. The van der Waals surface area contributed by atoms with Crippen molar-refractivity contribution in [1.29, 1.82) is 0 Å². The molecule has 3 aromatic rings. The summed E-state index contributed by atoms with van der Waals surface area (Å²) in [5.74, 6) is -2.04. The van der Waals surface area contributed by atoms with Crippen LogP contribution in [0.25, 0.3) is 0 Å². The number of aromatic nitrogens is 2. The van der Waals surface area contributed by atoms with E-state index in [4.69, 9.17) is 4.74 Å². The first kappa shape index (κ1) is 25.7. The maximum Gasteiger partial charge on any atom is 0.243 e. The van der Waals surface area contributed by atoms with Gasteiger partial charge >= 0.3 is 0 Å². The number of aromatic amines is 1. The van der Waals surface area contributed by atoms with Crippen LogP contribution >= 0.6 is 0 Å². The van der Waals surface area contributed by atoms with Gasteiger partial charge in [0, 0.05) is 68.2 Å². The van der Waals surface area contributed by atoms with Crippen LogP contribution in [0.3, 0.4) is 0 Å². The molecule has 8 nitrogen and oxygen atoms in total. The molecule has 196 valence electrons. The van der Waals surface area contributed by atoms with Crippen molar-refractivity contribution >= 4 is 15.8 Å². The number of Topliss-reactive ketones (excluding diaryl/α,β-unsaturated/α-hetero) is 1. The molecule has 3 heterocycles. The average molecular weight is 531 g/mol. The summed E-state index contributed by atoms with van der Waals surface area (Å²) in [6, 6.07) is 10.0. The summed E-state index contributed by atoms with van der Waals surface area (Å²) in [5.41, 5.74) is 3.33. The Kier molecular flexibility index (Phi) is 7.47. The number of rotatable bonds is 8. The van der Waals surface area contributed by atoms with Crippen LogP contribution in [0.15, 0.2) is 47.4 Å². The van der Waals surface area contributed by atoms with E-state index in [0.29, 0.717) is 41.9 Å². The fourth-order valence-electron chi connectivity index (χ4n) is 4.86.